The summed E-state index contributed by atoms with van der Waals surface area (Å²) < 4.78 is 0. The number of carbonyl (C=O) groups is 2. The van der Waals surface area contributed by atoms with E-state index in [0.717, 1.165) is 64.2 Å². The number of hydrogen-bond donors (Lipinski definition) is 1. The van der Waals surface area contributed by atoms with Crippen molar-refractivity contribution in [3.05, 3.63) is 0 Å². The summed E-state index contributed by atoms with van der Waals surface area (Å²) >= 11 is 0. The lowest BCUT2D eigenvalue weighted by atomic mass is 10.2. The summed E-state index contributed by atoms with van der Waals surface area (Å²) in [5.41, 5.74) is 0. The van der Waals surface area contributed by atoms with Crippen LogP contribution in [0.25, 0.3) is 0 Å². The summed E-state index contributed by atoms with van der Waals surface area (Å²) in [4.78, 5) is 70.8. The van der Waals surface area contributed by atoms with Crippen molar-refractivity contribution in [3.63, 3.8) is 0 Å². The largest absolute Gasteiger partial charge is 0.338 e. The molecule has 1 aliphatic heterocycles. The number of imide groups is 1. The highest BCUT2D eigenvalue weighted by atomic mass is 16.2. The molecular weight excluding hydrogens is 440 g/mol. The third-order valence-electron chi connectivity index (χ3n) is 5.65. The van der Waals surface area contributed by atoms with Gasteiger partial charge in [0.05, 0.1) is 13.1 Å². The third-order valence-corrected chi connectivity index (χ3v) is 5.65. The summed E-state index contributed by atoms with van der Waals surface area (Å²) in [7, 11) is 0. The van der Waals surface area contributed by atoms with Gasteiger partial charge in [0, 0.05) is 19.6 Å². The molecule has 0 aromatic rings. The zero-order valence-corrected chi connectivity index (χ0v) is 19.9. The molecular formula is C23H36N6O5. The second kappa shape index (κ2) is 19.4. The molecule has 0 bridgehead atoms. The summed E-state index contributed by atoms with van der Waals surface area (Å²) in [6.07, 6.45) is 13.4. The molecule has 0 spiro atoms. The lowest BCUT2D eigenvalue weighted by Gasteiger charge is -2.31. The van der Waals surface area contributed by atoms with Gasteiger partial charge in [0.15, 0.2) is 0 Å². The van der Waals surface area contributed by atoms with Gasteiger partial charge in [-0.3, -0.25) is 0 Å². The van der Waals surface area contributed by atoms with Crippen molar-refractivity contribution in [1.82, 2.24) is 15.1 Å². The topological polar surface area (TPSA) is 141 Å². The Hall–Kier alpha value is -3.12. The predicted octanol–water partition coefficient (Wildman–Crippen LogP) is 3.45. The van der Waals surface area contributed by atoms with E-state index in [4.69, 9.17) is 0 Å². The molecule has 0 aromatic carbocycles. The molecule has 4 amide bonds. The number of carbonyl (C=O) groups excluding carboxylic acids is 5. The van der Waals surface area contributed by atoms with Gasteiger partial charge in [-0.05, 0) is 44.9 Å². The molecule has 0 aliphatic carbocycles. The first-order valence-corrected chi connectivity index (χ1v) is 12.2. The maximum absolute atomic E-state index is 13.3. The Morgan fingerprint density at radius 1 is 0.824 bits per heavy atom. The van der Waals surface area contributed by atoms with Crippen molar-refractivity contribution < 1.29 is 24.0 Å². The zero-order valence-electron chi connectivity index (χ0n) is 19.9. The van der Waals surface area contributed by atoms with Crippen molar-refractivity contribution in [2.24, 2.45) is 15.0 Å². The van der Waals surface area contributed by atoms with E-state index >= 15 is 0 Å². The second-order valence-electron chi connectivity index (χ2n) is 8.18. The van der Waals surface area contributed by atoms with Crippen LogP contribution < -0.4 is 5.32 Å². The molecule has 1 heterocycles. The summed E-state index contributed by atoms with van der Waals surface area (Å²) in [5.74, 6) is 0. The highest BCUT2D eigenvalue weighted by molar-refractivity contribution is 5.93. The molecule has 0 radical (unpaired) electrons. The smallest absolute Gasteiger partial charge is 0.329 e. The number of nitrogens with zero attached hydrogens (tertiary/aromatic N) is 5. The SMILES string of the molecule is O=C=NCCCCCCNC(=O)N(CCCCCCN=C=O)C(=O)N1CCCCCC1N=C=O. The third kappa shape index (κ3) is 12.2. The number of rotatable bonds is 15. The Bertz CT molecular complexity index is 757. The molecule has 11 heteroatoms. The number of amides is 4. The average Bonchev–Trinajstić information content (AvgIpc) is 3.08. The average molecular weight is 477 g/mol. The Balaban J connectivity index is 2.67. The summed E-state index contributed by atoms with van der Waals surface area (Å²) in [5, 5.41) is 2.82. The predicted molar refractivity (Wildman–Crippen MR) is 125 cm³/mol. The van der Waals surface area contributed by atoms with Crippen LogP contribution in [0.3, 0.4) is 0 Å². The van der Waals surface area contributed by atoms with E-state index < -0.39 is 18.2 Å². The Morgan fingerprint density at radius 2 is 1.47 bits per heavy atom. The van der Waals surface area contributed by atoms with Gasteiger partial charge in [0.1, 0.15) is 6.17 Å². The van der Waals surface area contributed by atoms with Crippen molar-refractivity contribution >= 4 is 30.3 Å². The van der Waals surface area contributed by atoms with Crippen molar-refractivity contribution in [2.75, 3.05) is 32.7 Å². The Morgan fingerprint density at radius 3 is 2.12 bits per heavy atom. The summed E-state index contributed by atoms with van der Waals surface area (Å²) in [6.45, 7) is 2.00. The van der Waals surface area contributed by atoms with Gasteiger partial charge in [-0.2, -0.15) is 4.99 Å². The first kappa shape index (κ1) is 28.9. The first-order chi connectivity index (χ1) is 16.7. The minimum Gasteiger partial charge on any atom is -0.338 e. The first-order valence-electron chi connectivity index (χ1n) is 12.2. The van der Waals surface area contributed by atoms with Crippen LogP contribution in [-0.4, -0.2) is 79.0 Å². The van der Waals surface area contributed by atoms with Gasteiger partial charge in [0.2, 0.25) is 18.2 Å². The quantitative estimate of drug-likeness (QED) is 0.219. The number of urea groups is 2. The molecule has 1 aliphatic rings. The maximum atomic E-state index is 13.3. The van der Waals surface area contributed by atoms with Crippen LogP contribution in [0.4, 0.5) is 9.59 Å². The van der Waals surface area contributed by atoms with Crippen molar-refractivity contribution in [2.45, 2.75) is 83.2 Å². The lowest BCUT2D eigenvalue weighted by Crippen LogP contribution is -2.53. The van der Waals surface area contributed by atoms with Gasteiger partial charge in [-0.25, -0.2) is 38.9 Å². The van der Waals surface area contributed by atoms with Crippen LogP contribution >= 0.6 is 0 Å². The minimum atomic E-state index is -0.599. The van der Waals surface area contributed by atoms with Crippen LogP contribution in [0, 0.1) is 0 Å². The number of hydrogen-bond acceptors (Lipinski definition) is 8. The van der Waals surface area contributed by atoms with E-state index in [2.05, 4.69) is 20.3 Å². The van der Waals surface area contributed by atoms with Crippen LogP contribution in [0.2, 0.25) is 0 Å². The van der Waals surface area contributed by atoms with Crippen molar-refractivity contribution in [1.29, 1.82) is 0 Å². The second-order valence-corrected chi connectivity index (χ2v) is 8.18. The molecule has 0 aromatic heterocycles. The van der Waals surface area contributed by atoms with E-state index in [-0.39, 0.29) is 6.54 Å². The lowest BCUT2D eigenvalue weighted by molar-refractivity contribution is 0.138. The monoisotopic (exact) mass is 476 g/mol. The molecule has 188 valence electrons. The van der Waals surface area contributed by atoms with E-state index in [1.807, 2.05) is 0 Å². The van der Waals surface area contributed by atoms with Gasteiger partial charge < -0.3 is 10.2 Å². The van der Waals surface area contributed by atoms with Crippen LogP contribution in [0.5, 0.6) is 0 Å². The number of likely N-dealkylation sites (tertiary alicyclic amines) is 1. The maximum Gasteiger partial charge on any atom is 0.329 e. The van der Waals surface area contributed by atoms with Crippen LogP contribution in [-0.2, 0) is 14.4 Å². The van der Waals surface area contributed by atoms with Crippen LogP contribution in [0.1, 0.15) is 77.0 Å². The highest BCUT2D eigenvalue weighted by Crippen LogP contribution is 2.20. The van der Waals surface area contributed by atoms with E-state index in [1.54, 1.807) is 6.08 Å². The number of isocyanates is 3. The zero-order chi connectivity index (χ0) is 24.9. The molecule has 1 N–H and O–H groups in total. The van der Waals surface area contributed by atoms with Crippen molar-refractivity contribution in [3.8, 4) is 0 Å². The van der Waals surface area contributed by atoms with Gasteiger partial charge >= 0.3 is 12.1 Å². The van der Waals surface area contributed by atoms with E-state index in [1.165, 1.54) is 22.0 Å². The fraction of sp³-hybridized carbons (Fsp3) is 0.783. The Kier molecular flexibility index (Phi) is 16.5. The fourth-order valence-electron chi connectivity index (χ4n) is 3.81. The van der Waals surface area contributed by atoms with Crippen LogP contribution in [0.15, 0.2) is 15.0 Å². The molecule has 0 saturated carbocycles. The highest BCUT2D eigenvalue weighted by Gasteiger charge is 2.31. The van der Waals surface area contributed by atoms with E-state index in [0.29, 0.717) is 39.0 Å². The molecule has 1 unspecified atom stereocenters. The fourth-order valence-corrected chi connectivity index (χ4v) is 3.81. The number of aliphatic imine (C=N–C) groups is 3. The molecule has 11 nitrogen and oxygen atoms in total. The molecule has 1 atom stereocenters. The van der Waals surface area contributed by atoms with Gasteiger partial charge in [-0.15, -0.1) is 0 Å². The minimum absolute atomic E-state index is 0.249. The standard InChI is InChI=1S/C23H36N6O5/c30-18-24-13-7-1-2-9-15-26-22(33)29(17-10-4-3-8-14-25-19-31)23(34)28-16-11-5-6-12-21(28)27-20-32/h21H,1-17H2,(H,26,33). The molecule has 1 rings (SSSR count). The number of unbranched alkanes of at least 4 members (excludes halogenated alkanes) is 6. The van der Waals surface area contributed by atoms with Gasteiger partial charge in [0.25, 0.3) is 0 Å². The summed E-state index contributed by atoms with van der Waals surface area (Å²) in [6, 6.07) is -0.903. The molecule has 1 saturated heterocycles. The Labute approximate surface area is 200 Å². The normalized spacial score (nSPS) is 15.2. The molecule has 34 heavy (non-hydrogen) atoms. The number of nitrogens with one attached hydrogen (secondary N) is 1. The van der Waals surface area contributed by atoms with E-state index in [9.17, 15) is 24.0 Å². The van der Waals surface area contributed by atoms with Gasteiger partial charge in [-0.1, -0.05) is 32.1 Å². The molecule has 1 fully saturated rings.